The summed E-state index contributed by atoms with van der Waals surface area (Å²) in [6, 6.07) is 6.88. The Hall–Kier alpha value is -1.50. The number of carbonyl (C=O) groups is 1. The van der Waals surface area contributed by atoms with Gasteiger partial charge < -0.3 is 19.9 Å². The number of amides is 1. The summed E-state index contributed by atoms with van der Waals surface area (Å²) in [5, 5.41) is 15.7. The zero-order chi connectivity index (χ0) is 16.6. The van der Waals surface area contributed by atoms with Gasteiger partial charge in [-0.15, -0.1) is 12.4 Å². The zero-order valence-corrected chi connectivity index (χ0v) is 14.9. The van der Waals surface area contributed by atoms with Crippen molar-refractivity contribution in [2.24, 2.45) is 0 Å². The lowest BCUT2D eigenvalue weighted by Gasteiger charge is -2.23. The summed E-state index contributed by atoms with van der Waals surface area (Å²) in [5.41, 5.74) is 0.585. The molecule has 1 amide bonds. The molecular weight excluding hydrogens is 320 g/mol. The summed E-state index contributed by atoms with van der Waals surface area (Å²) in [7, 11) is 0. The lowest BCUT2D eigenvalue weighted by Crippen LogP contribution is -2.42. The standard InChI is InChI=1S/C16H26N2O4.ClH/c1-5-21-15(20)18-12-6-8-14(9-7-12)22-11-13(19)10-17-16(2,3)4;/h6-9,13,17,19H,5,10-11H2,1-4H3,(H,18,20);1H. The maximum absolute atomic E-state index is 11.3. The quantitative estimate of drug-likeness (QED) is 0.707. The molecule has 1 aromatic carbocycles. The van der Waals surface area contributed by atoms with Gasteiger partial charge in [0.1, 0.15) is 18.5 Å². The molecule has 0 aliphatic heterocycles. The molecule has 1 aromatic rings. The van der Waals surface area contributed by atoms with Crippen molar-refractivity contribution < 1.29 is 19.4 Å². The van der Waals surface area contributed by atoms with Gasteiger partial charge in [0, 0.05) is 17.8 Å². The van der Waals surface area contributed by atoms with E-state index in [0.29, 0.717) is 24.6 Å². The van der Waals surface area contributed by atoms with E-state index in [4.69, 9.17) is 9.47 Å². The van der Waals surface area contributed by atoms with E-state index in [1.165, 1.54) is 0 Å². The molecule has 1 rings (SSSR count). The van der Waals surface area contributed by atoms with Crippen LogP contribution >= 0.6 is 12.4 Å². The van der Waals surface area contributed by atoms with Crippen LogP contribution in [0.1, 0.15) is 27.7 Å². The maximum Gasteiger partial charge on any atom is 0.411 e. The Balaban J connectivity index is 0.00000484. The molecule has 1 unspecified atom stereocenters. The van der Waals surface area contributed by atoms with Crippen molar-refractivity contribution >= 4 is 24.2 Å². The van der Waals surface area contributed by atoms with E-state index in [-0.39, 0.29) is 24.6 Å². The molecule has 0 heterocycles. The average molecular weight is 347 g/mol. The Kier molecular flexibility index (Phi) is 9.64. The van der Waals surface area contributed by atoms with Crippen LogP contribution in [-0.4, -0.2) is 42.6 Å². The number of benzene rings is 1. The fourth-order valence-electron chi connectivity index (χ4n) is 1.59. The lowest BCUT2D eigenvalue weighted by molar-refractivity contribution is 0.100. The molecule has 0 aliphatic carbocycles. The van der Waals surface area contributed by atoms with Gasteiger partial charge >= 0.3 is 6.09 Å². The maximum atomic E-state index is 11.3. The molecule has 6 nitrogen and oxygen atoms in total. The summed E-state index contributed by atoms with van der Waals surface area (Å²) < 4.78 is 10.3. The van der Waals surface area contributed by atoms with Crippen LogP contribution in [0.25, 0.3) is 0 Å². The summed E-state index contributed by atoms with van der Waals surface area (Å²) >= 11 is 0. The molecular formula is C16H27ClN2O4. The first kappa shape index (κ1) is 21.5. The predicted molar refractivity (Wildman–Crippen MR) is 93.6 cm³/mol. The average Bonchev–Trinajstić information content (AvgIpc) is 2.44. The van der Waals surface area contributed by atoms with Crippen molar-refractivity contribution in [2.45, 2.75) is 39.3 Å². The van der Waals surface area contributed by atoms with Crippen LogP contribution in [0, 0.1) is 0 Å². The number of ether oxygens (including phenoxy) is 2. The number of hydrogen-bond donors (Lipinski definition) is 3. The van der Waals surface area contributed by atoms with Crippen LogP contribution in [0.3, 0.4) is 0 Å². The Morgan fingerprint density at radius 3 is 2.39 bits per heavy atom. The molecule has 0 aliphatic rings. The SMILES string of the molecule is CCOC(=O)Nc1ccc(OCC(O)CNC(C)(C)C)cc1.Cl. The molecule has 0 saturated heterocycles. The van der Waals surface area contributed by atoms with Crippen LogP contribution in [0.5, 0.6) is 5.75 Å². The molecule has 0 aromatic heterocycles. The van der Waals surface area contributed by atoms with E-state index in [1.807, 2.05) is 20.8 Å². The molecule has 0 bridgehead atoms. The van der Waals surface area contributed by atoms with E-state index in [9.17, 15) is 9.90 Å². The van der Waals surface area contributed by atoms with Crippen molar-refractivity contribution in [3.05, 3.63) is 24.3 Å². The van der Waals surface area contributed by atoms with Gasteiger partial charge in [0.15, 0.2) is 0 Å². The minimum Gasteiger partial charge on any atom is -0.491 e. The highest BCUT2D eigenvalue weighted by atomic mass is 35.5. The van der Waals surface area contributed by atoms with Crippen LogP contribution < -0.4 is 15.4 Å². The third-order valence-electron chi connectivity index (χ3n) is 2.69. The van der Waals surface area contributed by atoms with Gasteiger partial charge in [0.2, 0.25) is 0 Å². The largest absolute Gasteiger partial charge is 0.491 e. The van der Waals surface area contributed by atoms with Gasteiger partial charge in [0.05, 0.1) is 6.61 Å². The topological polar surface area (TPSA) is 79.8 Å². The number of halogens is 1. The van der Waals surface area contributed by atoms with Crippen molar-refractivity contribution in [3.63, 3.8) is 0 Å². The monoisotopic (exact) mass is 346 g/mol. The molecule has 3 N–H and O–H groups in total. The number of β-amino-alcohol motifs (C(OH)–C–C–N with tert-alkyl or cyclic N) is 1. The van der Waals surface area contributed by atoms with E-state index >= 15 is 0 Å². The molecule has 132 valence electrons. The Morgan fingerprint density at radius 2 is 1.87 bits per heavy atom. The highest BCUT2D eigenvalue weighted by Gasteiger charge is 2.12. The van der Waals surface area contributed by atoms with Gasteiger partial charge in [-0.3, -0.25) is 5.32 Å². The minimum atomic E-state index is -0.587. The number of anilines is 1. The second-order valence-electron chi connectivity index (χ2n) is 5.97. The number of aliphatic hydroxyl groups is 1. The number of carbonyl (C=O) groups excluding carboxylic acids is 1. The van der Waals surface area contributed by atoms with Crippen molar-refractivity contribution in [3.8, 4) is 5.75 Å². The smallest absolute Gasteiger partial charge is 0.411 e. The van der Waals surface area contributed by atoms with Crippen LogP contribution in [0.2, 0.25) is 0 Å². The minimum absolute atomic E-state index is 0. The number of hydrogen-bond acceptors (Lipinski definition) is 5. The number of rotatable bonds is 7. The second-order valence-corrected chi connectivity index (χ2v) is 5.97. The van der Waals surface area contributed by atoms with Crippen molar-refractivity contribution in [2.75, 3.05) is 25.1 Å². The fourth-order valence-corrected chi connectivity index (χ4v) is 1.59. The van der Waals surface area contributed by atoms with Gasteiger partial charge in [0.25, 0.3) is 0 Å². The van der Waals surface area contributed by atoms with E-state index < -0.39 is 12.2 Å². The Bertz CT molecular complexity index is 460. The molecule has 0 radical (unpaired) electrons. The summed E-state index contributed by atoms with van der Waals surface area (Å²) in [6.45, 7) is 8.85. The summed E-state index contributed by atoms with van der Waals surface area (Å²) in [5.74, 6) is 0.629. The van der Waals surface area contributed by atoms with Crippen molar-refractivity contribution in [1.82, 2.24) is 5.32 Å². The summed E-state index contributed by atoms with van der Waals surface area (Å²) in [6.07, 6.45) is -1.07. The normalized spacial score (nSPS) is 12.0. The molecule has 23 heavy (non-hydrogen) atoms. The number of aliphatic hydroxyl groups excluding tert-OH is 1. The lowest BCUT2D eigenvalue weighted by atomic mass is 10.1. The van der Waals surface area contributed by atoms with Gasteiger partial charge in [-0.25, -0.2) is 4.79 Å². The molecule has 1 atom stereocenters. The van der Waals surface area contributed by atoms with Gasteiger partial charge in [-0.05, 0) is 52.0 Å². The van der Waals surface area contributed by atoms with E-state index in [2.05, 4.69) is 10.6 Å². The molecule has 0 spiro atoms. The van der Waals surface area contributed by atoms with Crippen LogP contribution in [-0.2, 0) is 4.74 Å². The first-order chi connectivity index (χ1) is 10.3. The second kappa shape index (κ2) is 10.3. The first-order valence-electron chi connectivity index (χ1n) is 7.40. The Morgan fingerprint density at radius 1 is 1.26 bits per heavy atom. The van der Waals surface area contributed by atoms with E-state index in [0.717, 1.165) is 0 Å². The third kappa shape index (κ3) is 9.99. The summed E-state index contributed by atoms with van der Waals surface area (Å²) in [4.78, 5) is 11.3. The molecule has 7 heteroatoms. The van der Waals surface area contributed by atoms with Gasteiger partial charge in [-0.1, -0.05) is 0 Å². The van der Waals surface area contributed by atoms with Gasteiger partial charge in [-0.2, -0.15) is 0 Å². The number of nitrogens with one attached hydrogen (secondary N) is 2. The van der Waals surface area contributed by atoms with Crippen LogP contribution in [0.4, 0.5) is 10.5 Å². The zero-order valence-electron chi connectivity index (χ0n) is 14.1. The predicted octanol–water partition coefficient (Wildman–Crippen LogP) is 2.80. The Labute approximate surface area is 144 Å². The molecule has 0 saturated carbocycles. The molecule has 0 fully saturated rings. The van der Waals surface area contributed by atoms with Crippen molar-refractivity contribution in [1.29, 1.82) is 0 Å². The fraction of sp³-hybridized carbons (Fsp3) is 0.562. The highest BCUT2D eigenvalue weighted by molar-refractivity contribution is 5.85. The first-order valence-corrected chi connectivity index (χ1v) is 7.40. The van der Waals surface area contributed by atoms with E-state index in [1.54, 1.807) is 31.2 Å². The van der Waals surface area contributed by atoms with Crippen LogP contribution in [0.15, 0.2) is 24.3 Å². The highest BCUT2D eigenvalue weighted by Crippen LogP contribution is 2.16. The third-order valence-corrected chi connectivity index (χ3v) is 2.69.